The van der Waals surface area contributed by atoms with Gasteiger partial charge in [0.1, 0.15) is 9.88 Å². The number of halogens is 3. The number of alkyl halides is 3. The molecule has 3 N–H and O–H groups in total. The summed E-state index contributed by atoms with van der Waals surface area (Å²) in [6.07, 6.45) is -3.70. The second-order valence-electron chi connectivity index (χ2n) is 3.84. The number of nitrogens with zero attached hydrogens (tertiary/aromatic N) is 2. The third-order valence-electron chi connectivity index (χ3n) is 2.44. The van der Waals surface area contributed by atoms with Crippen molar-refractivity contribution in [3.05, 3.63) is 34.5 Å². The molecule has 5 nitrogen and oxygen atoms in total. The molecule has 9 heteroatoms. The van der Waals surface area contributed by atoms with Crippen molar-refractivity contribution in [2.75, 3.05) is 0 Å². The largest absolute Gasteiger partial charge is 0.417 e. The van der Waals surface area contributed by atoms with E-state index < -0.39 is 17.6 Å². The summed E-state index contributed by atoms with van der Waals surface area (Å²) in [5, 5.41) is 0.356. The number of carbonyl (C=O) groups is 1. The summed E-state index contributed by atoms with van der Waals surface area (Å²) in [5.74, 6) is 4.53. The van der Waals surface area contributed by atoms with E-state index in [1.165, 1.54) is 6.07 Å². The van der Waals surface area contributed by atoms with Crippen molar-refractivity contribution in [2.24, 2.45) is 5.84 Å². The molecule has 0 atom stereocenters. The van der Waals surface area contributed by atoms with Gasteiger partial charge in [-0.1, -0.05) is 0 Å². The number of pyridine rings is 1. The lowest BCUT2D eigenvalue weighted by molar-refractivity contribution is -0.137. The summed E-state index contributed by atoms with van der Waals surface area (Å²) in [4.78, 5) is 19.5. The van der Waals surface area contributed by atoms with Crippen LogP contribution in [0.2, 0.25) is 0 Å². The van der Waals surface area contributed by atoms with Crippen molar-refractivity contribution in [1.82, 2.24) is 15.4 Å². The molecule has 0 aliphatic carbocycles. The van der Waals surface area contributed by atoms with Crippen LogP contribution in [0.1, 0.15) is 20.9 Å². The molecule has 20 heavy (non-hydrogen) atoms. The average molecular weight is 302 g/mol. The monoisotopic (exact) mass is 302 g/mol. The zero-order chi connectivity index (χ0) is 14.9. The van der Waals surface area contributed by atoms with E-state index in [1.54, 1.807) is 6.92 Å². The van der Waals surface area contributed by atoms with E-state index in [1.807, 2.05) is 5.43 Å². The van der Waals surface area contributed by atoms with Crippen LogP contribution < -0.4 is 11.3 Å². The molecule has 2 rings (SSSR count). The maximum atomic E-state index is 12.4. The van der Waals surface area contributed by atoms with Crippen molar-refractivity contribution in [2.45, 2.75) is 13.1 Å². The quantitative estimate of drug-likeness (QED) is 0.506. The van der Waals surface area contributed by atoms with Crippen LogP contribution in [0.15, 0.2) is 18.3 Å². The molecule has 0 unspecified atom stereocenters. The zero-order valence-electron chi connectivity index (χ0n) is 10.2. The van der Waals surface area contributed by atoms with E-state index in [0.29, 0.717) is 15.6 Å². The molecule has 0 spiro atoms. The van der Waals surface area contributed by atoms with Crippen LogP contribution in [0.4, 0.5) is 13.2 Å². The maximum absolute atomic E-state index is 12.4. The van der Waals surface area contributed by atoms with E-state index in [2.05, 4.69) is 9.97 Å². The van der Waals surface area contributed by atoms with Gasteiger partial charge in [0.15, 0.2) is 0 Å². The Morgan fingerprint density at radius 2 is 2.10 bits per heavy atom. The lowest BCUT2D eigenvalue weighted by atomic mass is 10.2. The van der Waals surface area contributed by atoms with E-state index in [-0.39, 0.29) is 5.69 Å². The van der Waals surface area contributed by atoms with Gasteiger partial charge in [0, 0.05) is 6.20 Å². The van der Waals surface area contributed by atoms with Crippen molar-refractivity contribution in [1.29, 1.82) is 0 Å². The Balaban J connectivity index is 2.35. The molecule has 2 heterocycles. The highest BCUT2D eigenvalue weighted by molar-refractivity contribution is 7.17. The van der Waals surface area contributed by atoms with Crippen LogP contribution >= 0.6 is 11.3 Å². The first kappa shape index (κ1) is 14.4. The first-order valence-electron chi connectivity index (χ1n) is 5.35. The van der Waals surface area contributed by atoms with E-state index in [0.717, 1.165) is 23.6 Å². The van der Waals surface area contributed by atoms with Gasteiger partial charge >= 0.3 is 6.18 Å². The van der Waals surface area contributed by atoms with Crippen molar-refractivity contribution in [3.63, 3.8) is 0 Å². The highest BCUT2D eigenvalue weighted by atomic mass is 32.1. The van der Waals surface area contributed by atoms with Crippen LogP contribution in [0.25, 0.3) is 10.7 Å². The lowest BCUT2D eigenvalue weighted by Gasteiger charge is -2.05. The summed E-state index contributed by atoms with van der Waals surface area (Å²) >= 11 is 1.01. The Morgan fingerprint density at radius 1 is 1.40 bits per heavy atom. The molecule has 0 aliphatic rings. The molecule has 2 aromatic heterocycles. The summed E-state index contributed by atoms with van der Waals surface area (Å²) in [7, 11) is 0. The number of hydrogen-bond donors (Lipinski definition) is 2. The predicted molar refractivity (Wildman–Crippen MR) is 66.7 cm³/mol. The molecule has 1 amide bonds. The van der Waals surface area contributed by atoms with Gasteiger partial charge in [-0.2, -0.15) is 13.2 Å². The normalized spacial score (nSPS) is 11.4. The van der Waals surface area contributed by atoms with Gasteiger partial charge in [0.05, 0.1) is 17.0 Å². The smallest absolute Gasteiger partial charge is 0.289 e. The maximum Gasteiger partial charge on any atom is 0.417 e. The molecule has 0 radical (unpaired) electrons. The van der Waals surface area contributed by atoms with Crippen LogP contribution in [0.5, 0.6) is 0 Å². The van der Waals surface area contributed by atoms with E-state index in [4.69, 9.17) is 5.84 Å². The Bertz CT molecular complexity index is 636. The second kappa shape index (κ2) is 5.17. The van der Waals surface area contributed by atoms with Crippen molar-refractivity contribution < 1.29 is 18.0 Å². The Morgan fingerprint density at radius 3 is 2.60 bits per heavy atom. The predicted octanol–water partition coefficient (Wildman–Crippen LogP) is 2.14. The molecule has 2 aromatic rings. The fourth-order valence-electron chi connectivity index (χ4n) is 1.47. The topological polar surface area (TPSA) is 80.9 Å². The summed E-state index contributed by atoms with van der Waals surface area (Å²) in [6, 6.07) is 2.13. The minimum absolute atomic E-state index is 0.266. The Hall–Kier alpha value is -2.00. The number of nitrogens with two attached hydrogens (primary N) is 1. The second-order valence-corrected chi connectivity index (χ2v) is 4.84. The van der Waals surface area contributed by atoms with Gasteiger partial charge in [-0.25, -0.2) is 10.8 Å². The number of rotatable bonds is 2. The van der Waals surface area contributed by atoms with Gasteiger partial charge in [0.25, 0.3) is 5.91 Å². The number of aromatic nitrogens is 2. The minimum atomic E-state index is -4.44. The highest BCUT2D eigenvalue weighted by Gasteiger charge is 2.30. The molecular formula is C11H9F3N4OS. The van der Waals surface area contributed by atoms with E-state index in [9.17, 15) is 18.0 Å². The first-order valence-corrected chi connectivity index (χ1v) is 6.16. The molecule has 0 aromatic carbocycles. The summed E-state index contributed by atoms with van der Waals surface area (Å²) < 4.78 is 37.3. The van der Waals surface area contributed by atoms with Gasteiger partial charge < -0.3 is 0 Å². The third kappa shape index (κ3) is 2.78. The number of nitrogens with one attached hydrogen (secondary N) is 1. The standard InChI is InChI=1S/C11H9F3N4OS/c1-5-8(9(19)18-15)20-10(17-5)7-3-2-6(4-16-7)11(12,13)14/h2-4H,15H2,1H3,(H,18,19). The lowest BCUT2D eigenvalue weighted by Crippen LogP contribution is -2.29. The number of hydrogen-bond acceptors (Lipinski definition) is 5. The molecule has 106 valence electrons. The summed E-state index contributed by atoms with van der Waals surface area (Å²) in [6.45, 7) is 1.61. The average Bonchev–Trinajstić information content (AvgIpc) is 2.79. The number of aryl methyl sites for hydroxylation is 1. The third-order valence-corrected chi connectivity index (χ3v) is 3.62. The molecule has 0 aliphatic heterocycles. The van der Waals surface area contributed by atoms with Gasteiger partial charge in [-0.05, 0) is 19.1 Å². The number of carbonyl (C=O) groups excluding carboxylic acids is 1. The van der Waals surface area contributed by atoms with Crippen LogP contribution in [0, 0.1) is 6.92 Å². The van der Waals surface area contributed by atoms with Gasteiger partial charge in [0.2, 0.25) is 0 Å². The van der Waals surface area contributed by atoms with Crippen LogP contribution in [-0.4, -0.2) is 15.9 Å². The number of nitrogen functional groups attached to an aromatic ring is 1. The molecule has 0 bridgehead atoms. The number of hydrazine groups is 1. The fourth-order valence-corrected chi connectivity index (χ4v) is 2.42. The number of thiazole rings is 1. The summed E-state index contributed by atoms with van der Waals surface area (Å²) in [5.41, 5.74) is 1.85. The Kier molecular flexibility index (Phi) is 3.73. The van der Waals surface area contributed by atoms with Crippen molar-refractivity contribution in [3.8, 4) is 10.7 Å². The fraction of sp³-hybridized carbons (Fsp3) is 0.182. The number of amides is 1. The van der Waals surface area contributed by atoms with Crippen molar-refractivity contribution >= 4 is 17.2 Å². The van der Waals surface area contributed by atoms with Gasteiger partial charge in [-0.3, -0.25) is 15.2 Å². The van der Waals surface area contributed by atoms with Crippen LogP contribution in [-0.2, 0) is 6.18 Å². The van der Waals surface area contributed by atoms with Crippen LogP contribution in [0.3, 0.4) is 0 Å². The molecule has 0 fully saturated rings. The Labute approximate surface area is 115 Å². The zero-order valence-corrected chi connectivity index (χ0v) is 11.0. The first-order chi connectivity index (χ1) is 9.32. The van der Waals surface area contributed by atoms with E-state index >= 15 is 0 Å². The molecule has 0 saturated carbocycles. The minimum Gasteiger partial charge on any atom is -0.289 e. The molecule has 0 saturated heterocycles. The van der Waals surface area contributed by atoms with Gasteiger partial charge in [-0.15, -0.1) is 11.3 Å². The highest BCUT2D eigenvalue weighted by Crippen LogP contribution is 2.31. The molecular weight excluding hydrogens is 293 g/mol. The SMILES string of the molecule is Cc1nc(-c2ccc(C(F)(F)F)cn2)sc1C(=O)NN.